The first-order valence-corrected chi connectivity index (χ1v) is 6.44. The van der Waals surface area contributed by atoms with Crippen molar-refractivity contribution in [3.05, 3.63) is 0 Å². The lowest BCUT2D eigenvalue weighted by molar-refractivity contribution is -0.138. The van der Waals surface area contributed by atoms with Gasteiger partial charge in [-0.2, -0.15) is 0 Å². The van der Waals surface area contributed by atoms with Gasteiger partial charge in [-0.25, -0.2) is 0 Å². The summed E-state index contributed by atoms with van der Waals surface area (Å²) in [5.74, 6) is 0.0663. The second kappa shape index (κ2) is 5.64. The molecule has 0 spiro atoms. The molecule has 0 aromatic carbocycles. The van der Waals surface area contributed by atoms with Crippen LogP contribution >= 0.6 is 0 Å². The van der Waals surface area contributed by atoms with E-state index in [1.54, 1.807) is 0 Å². The molecule has 2 fully saturated rings. The van der Waals surface area contributed by atoms with Crippen molar-refractivity contribution in [2.45, 2.75) is 63.2 Å². The number of amides is 1. The number of ether oxygens (including phenoxy) is 1. The summed E-state index contributed by atoms with van der Waals surface area (Å²) in [6.07, 6.45) is 7.13. The molecule has 3 unspecified atom stereocenters. The summed E-state index contributed by atoms with van der Waals surface area (Å²) < 4.78 is 5.90. The maximum atomic E-state index is 11.7. The zero-order chi connectivity index (χ0) is 11.4. The predicted molar refractivity (Wildman–Crippen MR) is 62.0 cm³/mol. The molecule has 1 aliphatic carbocycles. The molecular weight excluding hydrogens is 204 g/mol. The average molecular weight is 226 g/mol. The van der Waals surface area contributed by atoms with E-state index in [1.807, 2.05) is 0 Å². The molecular formula is C12H22N2O2. The van der Waals surface area contributed by atoms with E-state index in [2.05, 4.69) is 5.32 Å². The fourth-order valence-electron chi connectivity index (χ4n) is 2.58. The Morgan fingerprint density at radius 2 is 2.06 bits per heavy atom. The van der Waals surface area contributed by atoms with Crippen molar-refractivity contribution in [3.8, 4) is 0 Å². The molecule has 3 atom stereocenters. The van der Waals surface area contributed by atoms with E-state index in [-0.39, 0.29) is 24.2 Å². The molecule has 2 rings (SSSR count). The van der Waals surface area contributed by atoms with E-state index >= 15 is 0 Å². The van der Waals surface area contributed by atoms with Gasteiger partial charge in [-0.3, -0.25) is 4.79 Å². The second-order valence-electron chi connectivity index (χ2n) is 4.96. The number of nitrogens with two attached hydrogens (primary N) is 1. The van der Waals surface area contributed by atoms with Gasteiger partial charge in [-0.1, -0.05) is 0 Å². The number of hydrogen-bond donors (Lipinski definition) is 2. The Labute approximate surface area is 96.9 Å². The molecule has 16 heavy (non-hydrogen) atoms. The molecule has 3 N–H and O–H groups in total. The van der Waals surface area contributed by atoms with Crippen LogP contribution in [-0.4, -0.2) is 30.7 Å². The number of carbonyl (C=O) groups is 1. The molecule has 0 bridgehead atoms. The molecule has 1 saturated heterocycles. The molecule has 4 nitrogen and oxygen atoms in total. The van der Waals surface area contributed by atoms with Gasteiger partial charge in [0.2, 0.25) is 5.91 Å². The van der Waals surface area contributed by atoms with Crippen molar-refractivity contribution >= 4 is 5.91 Å². The van der Waals surface area contributed by atoms with Gasteiger partial charge in [-0.05, 0) is 44.9 Å². The van der Waals surface area contributed by atoms with Gasteiger partial charge in [0.25, 0.3) is 0 Å². The van der Waals surface area contributed by atoms with Gasteiger partial charge in [0.1, 0.15) is 6.10 Å². The predicted octanol–water partition coefficient (Wildman–Crippen LogP) is 0.942. The summed E-state index contributed by atoms with van der Waals surface area (Å²) >= 11 is 0. The number of carbonyl (C=O) groups excluding carboxylic acids is 1. The van der Waals surface area contributed by atoms with E-state index in [4.69, 9.17) is 10.5 Å². The van der Waals surface area contributed by atoms with E-state index in [0.29, 0.717) is 0 Å². The Kier molecular flexibility index (Phi) is 4.18. The van der Waals surface area contributed by atoms with Crippen LogP contribution in [0.3, 0.4) is 0 Å². The van der Waals surface area contributed by atoms with Crippen LogP contribution in [0, 0.1) is 0 Å². The largest absolute Gasteiger partial charge is 0.365 e. The highest BCUT2D eigenvalue weighted by atomic mass is 16.5. The van der Waals surface area contributed by atoms with Crippen molar-refractivity contribution < 1.29 is 9.53 Å². The number of hydrogen-bond acceptors (Lipinski definition) is 3. The Bertz CT molecular complexity index is 245. The SMILES string of the molecule is NC1CCCC(OC2CCCCNC2=O)C1. The van der Waals surface area contributed by atoms with Crippen LogP contribution in [0.4, 0.5) is 0 Å². The van der Waals surface area contributed by atoms with Gasteiger partial charge >= 0.3 is 0 Å². The van der Waals surface area contributed by atoms with E-state index in [9.17, 15) is 4.79 Å². The Hall–Kier alpha value is -0.610. The fraction of sp³-hybridized carbons (Fsp3) is 0.917. The molecule has 1 heterocycles. The van der Waals surface area contributed by atoms with Crippen molar-refractivity contribution in [3.63, 3.8) is 0 Å². The zero-order valence-electron chi connectivity index (χ0n) is 9.78. The smallest absolute Gasteiger partial charge is 0.249 e. The van der Waals surface area contributed by atoms with Crippen molar-refractivity contribution in [1.29, 1.82) is 0 Å². The molecule has 2 aliphatic rings. The lowest BCUT2D eigenvalue weighted by Crippen LogP contribution is -2.40. The van der Waals surface area contributed by atoms with Crippen molar-refractivity contribution in [2.24, 2.45) is 5.73 Å². The van der Waals surface area contributed by atoms with Crippen LogP contribution in [0.5, 0.6) is 0 Å². The second-order valence-corrected chi connectivity index (χ2v) is 4.96. The van der Waals surface area contributed by atoms with Crippen LogP contribution in [0.2, 0.25) is 0 Å². The number of nitrogens with one attached hydrogen (secondary N) is 1. The quantitative estimate of drug-likeness (QED) is 0.736. The average Bonchev–Trinajstić information content (AvgIpc) is 2.45. The summed E-state index contributed by atoms with van der Waals surface area (Å²) in [5.41, 5.74) is 5.92. The van der Waals surface area contributed by atoms with Crippen molar-refractivity contribution in [2.75, 3.05) is 6.54 Å². The van der Waals surface area contributed by atoms with Gasteiger partial charge in [0.15, 0.2) is 0 Å². The first-order valence-electron chi connectivity index (χ1n) is 6.44. The summed E-state index contributed by atoms with van der Waals surface area (Å²) in [7, 11) is 0. The first kappa shape index (κ1) is 11.9. The standard InChI is InChI=1S/C12H22N2O2/c13-9-4-3-5-10(8-9)16-11-6-1-2-7-14-12(11)15/h9-11H,1-8,13H2,(H,14,15). The molecule has 4 heteroatoms. The maximum Gasteiger partial charge on any atom is 0.249 e. The normalized spacial score (nSPS) is 36.6. The highest BCUT2D eigenvalue weighted by Gasteiger charge is 2.27. The van der Waals surface area contributed by atoms with Crippen LogP contribution in [0.1, 0.15) is 44.9 Å². The zero-order valence-corrected chi connectivity index (χ0v) is 9.78. The van der Waals surface area contributed by atoms with Crippen molar-refractivity contribution in [1.82, 2.24) is 5.32 Å². The summed E-state index contributed by atoms with van der Waals surface area (Å²) in [5, 5.41) is 2.90. The molecule has 0 aromatic rings. The number of rotatable bonds is 2. The van der Waals surface area contributed by atoms with E-state index in [1.165, 1.54) is 0 Å². The third-order valence-corrected chi connectivity index (χ3v) is 3.51. The lowest BCUT2D eigenvalue weighted by Gasteiger charge is -2.29. The molecule has 0 radical (unpaired) electrons. The van der Waals surface area contributed by atoms with E-state index in [0.717, 1.165) is 51.5 Å². The monoisotopic (exact) mass is 226 g/mol. The van der Waals surface area contributed by atoms with Crippen LogP contribution < -0.4 is 11.1 Å². The summed E-state index contributed by atoms with van der Waals surface area (Å²) in [6.45, 7) is 0.795. The minimum Gasteiger partial charge on any atom is -0.365 e. The maximum absolute atomic E-state index is 11.7. The summed E-state index contributed by atoms with van der Waals surface area (Å²) in [4.78, 5) is 11.7. The molecule has 1 aliphatic heterocycles. The molecule has 0 aromatic heterocycles. The van der Waals surface area contributed by atoms with Gasteiger partial charge in [0.05, 0.1) is 6.10 Å². The topological polar surface area (TPSA) is 64.3 Å². The van der Waals surface area contributed by atoms with Gasteiger partial charge in [-0.15, -0.1) is 0 Å². The van der Waals surface area contributed by atoms with Crippen LogP contribution in [0.25, 0.3) is 0 Å². The summed E-state index contributed by atoms with van der Waals surface area (Å²) in [6, 6.07) is 0.257. The highest BCUT2D eigenvalue weighted by molar-refractivity contribution is 5.80. The minimum absolute atomic E-state index is 0.0663. The fourth-order valence-corrected chi connectivity index (χ4v) is 2.58. The molecule has 92 valence electrons. The minimum atomic E-state index is -0.238. The Balaban J connectivity index is 1.84. The van der Waals surface area contributed by atoms with Crippen LogP contribution in [0.15, 0.2) is 0 Å². The van der Waals surface area contributed by atoms with Crippen LogP contribution in [-0.2, 0) is 9.53 Å². The van der Waals surface area contributed by atoms with Gasteiger partial charge < -0.3 is 15.8 Å². The lowest BCUT2D eigenvalue weighted by atomic mass is 9.93. The molecule has 1 saturated carbocycles. The highest BCUT2D eigenvalue weighted by Crippen LogP contribution is 2.22. The third-order valence-electron chi connectivity index (χ3n) is 3.51. The van der Waals surface area contributed by atoms with Gasteiger partial charge in [0, 0.05) is 12.6 Å². The Morgan fingerprint density at radius 1 is 1.19 bits per heavy atom. The molecule has 1 amide bonds. The van der Waals surface area contributed by atoms with E-state index < -0.39 is 0 Å². The Morgan fingerprint density at radius 3 is 2.88 bits per heavy atom. The first-order chi connectivity index (χ1) is 7.75. The third kappa shape index (κ3) is 3.19.